The van der Waals surface area contributed by atoms with Gasteiger partial charge in [0, 0.05) is 17.8 Å². The topological polar surface area (TPSA) is 103 Å². The molecule has 0 unspecified atom stereocenters. The molecule has 5 rings (SSSR count). The molecule has 0 spiro atoms. The summed E-state index contributed by atoms with van der Waals surface area (Å²) in [6, 6.07) is 11.6. The Morgan fingerprint density at radius 1 is 1.16 bits per heavy atom. The highest BCUT2D eigenvalue weighted by molar-refractivity contribution is 7.20. The van der Waals surface area contributed by atoms with Crippen LogP contribution in [0.2, 0.25) is 0 Å². The van der Waals surface area contributed by atoms with Gasteiger partial charge in [-0.05, 0) is 42.8 Å². The molecule has 11 heteroatoms. The molecule has 2 N–H and O–H groups in total. The van der Waals surface area contributed by atoms with Gasteiger partial charge in [-0.2, -0.15) is 5.10 Å². The first-order chi connectivity index (χ1) is 15.6. The summed E-state index contributed by atoms with van der Waals surface area (Å²) in [6.45, 7) is 2.39. The number of benzene rings is 1. The molecule has 0 aliphatic rings. The first-order valence-electron chi connectivity index (χ1n) is 9.66. The van der Waals surface area contributed by atoms with Crippen molar-refractivity contribution in [2.75, 3.05) is 5.43 Å². The first-order valence-corrected chi connectivity index (χ1v) is 10.5. The largest absolute Gasteiger partial charge is 0.289 e. The Bertz CT molecular complexity index is 1370. The van der Waals surface area contributed by atoms with E-state index in [4.69, 9.17) is 0 Å². The van der Waals surface area contributed by atoms with Crippen LogP contribution in [0.25, 0.3) is 16.0 Å². The molecule has 1 aromatic carbocycles. The Hall–Kier alpha value is -4.12. The van der Waals surface area contributed by atoms with Crippen molar-refractivity contribution in [3.05, 3.63) is 83.1 Å². The van der Waals surface area contributed by atoms with Crippen LogP contribution in [0.5, 0.6) is 0 Å². The van der Waals surface area contributed by atoms with E-state index < -0.39 is 0 Å². The molecule has 4 aromatic heterocycles. The molecule has 0 aliphatic carbocycles. The molecule has 5 aromatic rings. The lowest BCUT2D eigenvalue weighted by Crippen LogP contribution is -2.29. The Labute approximate surface area is 185 Å². The third-order valence-electron chi connectivity index (χ3n) is 4.80. The Morgan fingerprint density at radius 3 is 2.72 bits per heavy atom. The minimum absolute atomic E-state index is 0.279. The standard InChI is InChI=1S/C21H17FN8OS/c1-13-16-10-17(32-21(16)30(28-13)11-14-2-4-15(22)5-3-14)20(31)27-25-18-6-7-19(26-24-18)29-9-8-23-12-29/h2-10,12H,11H2,1H3,(H,24,25)(H,27,31). The van der Waals surface area contributed by atoms with Gasteiger partial charge < -0.3 is 0 Å². The highest BCUT2D eigenvalue weighted by Gasteiger charge is 2.16. The van der Waals surface area contributed by atoms with E-state index in [9.17, 15) is 9.18 Å². The minimum atomic E-state index is -0.292. The summed E-state index contributed by atoms with van der Waals surface area (Å²) in [7, 11) is 0. The maximum atomic E-state index is 13.2. The summed E-state index contributed by atoms with van der Waals surface area (Å²) in [5, 5.41) is 13.6. The molecule has 0 bridgehead atoms. The number of nitrogens with zero attached hydrogens (tertiary/aromatic N) is 6. The molecule has 0 saturated carbocycles. The number of rotatable bonds is 6. The molecule has 9 nitrogen and oxygen atoms in total. The highest BCUT2D eigenvalue weighted by atomic mass is 32.1. The number of nitrogens with one attached hydrogen (secondary N) is 2. The molecule has 0 fully saturated rings. The van der Waals surface area contributed by atoms with Crippen LogP contribution in [0.1, 0.15) is 20.9 Å². The number of imidazole rings is 1. The third kappa shape index (κ3) is 3.93. The molecule has 32 heavy (non-hydrogen) atoms. The quantitative estimate of drug-likeness (QED) is 0.386. The number of hydrazine groups is 1. The molecule has 0 radical (unpaired) electrons. The first kappa shape index (κ1) is 19.8. The highest BCUT2D eigenvalue weighted by Crippen LogP contribution is 2.29. The van der Waals surface area contributed by atoms with E-state index in [2.05, 4.69) is 31.1 Å². The Balaban J connectivity index is 1.29. The summed E-state index contributed by atoms with van der Waals surface area (Å²) >= 11 is 1.34. The van der Waals surface area contributed by atoms with E-state index >= 15 is 0 Å². The van der Waals surface area contributed by atoms with Crippen molar-refractivity contribution < 1.29 is 9.18 Å². The average molecular weight is 448 g/mol. The fraction of sp³-hybridized carbons (Fsp3) is 0.0952. The predicted molar refractivity (Wildman–Crippen MR) is 118 cm³/mol. The van der Waals surface area contributed by atoms with Gasteiger partial charge in [-0.1, -0.05) is 12.1 Å². The summed E-state index contributed by atoms with van der Waals surface area (Å²) in [6.07, 6.45) is 5.04. The number of thiophene rings is 1. The van der Waals surface area contributed by atoms with Crippen molar-refractivity contribution in [3.8, 4) is 5.82 Å². The summed E-state index contributed by atoms with van der Waals surface area (Å²) < 4.78 is 16.7. The molecular weight excluding hydrogens is 431 g/mol. The number of carbonyl (C=O) groups is 1. The predicted octanol–water partition coefficient (Wildman–Crippen LogP) is 3.33. The zero-order valence-corrected chi connectivity index (χ0v) is 17.7. The van der Waals surface area contributed by atoms with E-state index in [0.29, 0.717) is 23.1 Å². The second-order valence-corrected chi connectivity index (χ2v) is 8.06. The van der Waals surface area contributed by atoms with Crippen molar-refractivity contribution in [2.45, 2.75) is 13.5 Å². The smallest absolute Gasteiger partial charge is 0.279 e. The molecule has 0 atom stereocenters. The zero-order valence-electron chi connectivity index (χ0n) is 16.9. The van der Waals surface area contributed by atoms with Gasteiger partial charge >= 0.3 is 0 Å². The van der Waals surface area contributed by atoms with E-state index in [-0.39, 0.29) is 11.7 Å². The van der Waals surface area contributed by atoms with E-state index in [0.717, 1.165) is 21.5 Å². The number of hydrogen-bond acceptors (Lipinski definition) is 7. The van der Waals surface area contributed by atoms with Crippen molar-refractivity contribution in [2.24, 2.45) is 0 Å². The molecule has 1 amide bonds. The second-order valence-electron chi connectivity index (χ2n) is 7.02. The van der Waals surface area contributed by atoms with Gasteiger partial charge in [-0.15, -0.1) is 21.5 Å². The van der Waals surface area contributed by atoms with Crippen LogP contribution in [0.3, 0.4) is 0 Å². The van der Waals surface area contributed by atoms with E-state index in [1.54, 1.807) is 47.6 Å². The van der Waals surface area contributed by atoms with Gasteiger partial charge in [-0.3, -0.25) is 24.9 Å². The number of amides is 1. The monoisotopic (exact) mass is 448 g/mol. The normalized spacial score (nSPS) is 11.1. The maximum absolute atomic E-state index is 13.2. The lowest BCUT2D eigenvalue weighted by Gasteiger charge is -2.07. The van der Waals surface area contributed by atoms with Crippen LogP contribution in [0, 0.1) is 12.7 Å². The number of hydrogen-bond donors (Lipinski definition) is 2. The molecule has 0 saturated heterocycles. The number of fused-ring (bicyclic) bond motifs is 1. The van der Waals surface area contributed by atoms with Crippen molar-refractivity contribution >= 4 is 33.3 Å². The lowest BCUT2D eigenvalue weighted by atomic mass is 10.2. The van der Waals surface area contributed by atoms with Crippen LogP contribution >= 0.6 is 11.3 Å². The minimum Gasteiger partial charge on any atom is -0.289 e. The van der Waals surface area contributed by atoms with Crippen LogP contribution < -0.4 is 10.9 Å². The van der Waals surface area contributed by atoms with E-state index in [1.807, 2.05) is 17.7 Å². The summed E-state index contributed by atoms with van der Waals surface area (Å²) in [4.78, 5) is 18.0. The number of aromatic nitrogens is 6. The van der Waals surface area contributed by atoms with Crippen LogP contribution in [-0.4, -0.2) is 35.4 Å². The van der Waals surface area contributed by atoms with Crippen LogP contribution in [-0.2, 0) is 6.54 Å². The second kappa shape index (κ2) is 8.19. The van der Waals surface area contributed by atoms with Crippen molar-refractivity contribution in [1.82, 2.24) is 35.0 Å². The summed E-state index contributed by atoms with van der Waals surface area (Å²) in [5.74, 6) is 0.450. The number of carbonyl (C=O) groups excluding carboxylic acids is 1. The summed E-state index contributed by atoms with van der Waals surface area (Å²) in [5.41, 5.74) is 7.17. The third-order valence-corrected chi connectivity index (χ3v) is 5.95. The number of anilines is 1. The zero-order chi connectivity index (χ0) is 22.1. The molecule has 160 valence electrons. The molecule has 0 aliphatic heterocycles. The van der Waals surface area contributed by atoms with Gasteiger partial charge in [0.25, 0.3) is 5.91 Å². The number of aryl methyl sites for hydroxylation is 1. The lowest BCUT2D eigenvalue weighted by molar-refractivity contribution is 0.0966. The van der Waals surface area contributed by atoms with Gasteiger partial charge in [-0.25, -0.2) is 9.37 Å². The maximum Gasteiger partial charge on any atom is 0.279 e. The Morgan fingerprint density at radius 2 is 2.00 bits per heavy atom. The Kier molecular flexibility index (Phi) is 5.07. The van der Waals surface area contributed by atoms with E-state index in [1.165, 1.54) is 23.5 Å². The van der Waals surface area contributed by atoms with Gasteiger partial charge in [0.05, 0.1) is 17.1 Å². The van der Waals surface area contributed by atoms with Crippen LogP contribution in [0.15, 0.2) is 61.2 Å². The van der Waals surface area contributed by atoms with Gasteiger partial charge in [0.2, 0.25) is 0 Å². The van der Waals surface area contributed by atoms with Crippen molar-refractivity contribution in [3.63, 3.8) is 0 Å². The van der Waals surface area contributed by atoms with Gasteiger partial charge in [0.15, 0.2) is 11.6 Å². The van der Waals surface area contributed by atoms with Crippen LogP contribution in [0.4, 0.5) is 10.2 Å². The molecule has 4 heterocycles. The molecular formula is C21H17FN8OS. The fourth-order valence-corrected chi connectivity index (χ4v) is 4.26. The SMILES string of the molecule is Cc1nn(Cc2ccc(F)cc2)c2sc(C(=O)NNc3ccc(-n4ccnc4)nn3)cc12. The fourth-order valence-electron chi connectivity index (χ4n) is 3.20. The number of halogens is 1. The van der Waals surface area contributed by atoms with Crippen molar-refractivity contribution in [1.29, 1.82) is 0 Å². The average Bonchev–Trinajstić information content (AvgIpc) is 3.54. The van der Waals surface area contributed by atoms with Gasteiger partial charge in [0.1, 0.15) is 17.0 Å².